The molecule has 2 rings (SSSR count). The van der Waals surface area contributed by atoms with Crippen LogP contribution in [0.2, 0.25) is 0 Å². The molecule has 0 saturated carbocycles. The summed E-state index contributed by atoms with van der Waals surface area (Å²) in [5.74, 6) is 0.988. The Labute approximate surface area is 143 Å². The second kappa shape index (κ2) is 7.90. The normalized spacial score (nSPS) is 16.0. The highest BCUT2D eigenvalue weighted by molar-refractivity contribution is 6.58. The van der Waals surface area contributed by atoms with Gasteiger partial charge in [-0.05, 0) is 57.1 Å². The smallest absolute Gasteiger partial charge is 0.488 e. The van der Waals surface area contributed by atoms with Crippen molar-refractivity contribution >= 4 is 18.7 Å². The van der Waals surface area contributed by atoms with Gasteiger partial charge in [-0.3, -0.25) is 0 Å². The van der Waals surface area contributed by atoms with E-state index >= 15 is 0 Å². The van der Waals surface area contributed by atoms with Gasteiger partial charge in [-0.15, -0.1) is 0 Å². The first-order valence-corrected chi connectivity index (χ1v) is 8.31. The molecule has 7 heteroatoms. The first-order valence-electron chi connectivity index (χ1n) is 8.31. The molecule has 0 unspecified atom stereocenters. The predicted octanol–water partition coefficient (Wildman–Crippen LogP) is 1.39. The van der Waals surface area contributed by atoms with Gasteiger partial charge in [-0.25, -0.2) is 4.79 Å². The van der Waals surface area contributed by atoms with Crippen LogP contribution in [0.5, 0.6) is 5.75 Å². The number of ether oxygens (including phenoxy) is 2. The van der Waals surface area contributed by atoms with Crippen LogP contribution < -0.4 is 10.2 Å². The summed E-state index contributed by atoms with van der Waals surface area (Å²) in [4.78, 5) is 13.8. The highest BCUT2D eigenvalue weighted by Crippen LogP contribution is 2.21. The molecular formula is C17H26BNO5. The minimum Gasteiger partial charge on any atom is -0.493 e. The maximum absolute atomic E-state index is 12.0. The van der Waals surface area contributed by atoms with Crippen molar-refractivity contribution in [3.05, 3.63) is 24.3 Å². The summed E-state index contributed by atoms with van der Waals surface area (Å²) in [6, 6.07) is 6.79. The molecule has 1 saturated heterocycles. The van der Waals surface area contributed by atoms with Crippen LogP contribution >= 0.6 is 0 Å². The molecule has 0 bridgehead atoms. The maximum Gasteiger partial charge on any atom is 0.488 e. The number of piperidine rings is 1. The zero-order valence-corrected chi connectivity index (χ0v) is 14.6. The van der Waals surface area contributed by atoms with E-state index in [1.54, 1.807) is 29.2 Å². The van der Waals surface area contributed by atoms with Crippen molar-refractivity contribution in [3.8, 4) is 5.75 Å². The fraction of sp³-hybridized carbons (Fsp3) is 0.588. The second-order valence-electron chi connectivity index (χ2n) is 7.17. The highest BCUT2D eigenvalue weighted by atomic mass is 16.6. The van der Waals surface area contributed by atoms with E-state index in [-0.39, 0.29) is 6.09 Å². The first kappa shape index (κ1) is 18.6. The third kappa shape index (κ3) is 5.72. The molecule has 2 N–H and O–H groups in total. The van der Waals surface area contributed by atoms with Crippen molar-refractivity contribution in [1.82, 2.24) is 4.90 Å². The van der Waals surface area contributed by atoms with E-state index < -0.39 is 12.7 Å². The number of hydrogen-bond acceptors (Lipinski definition) is 5. The van der Waals surface area contributed by atoms with Crippen LogP contribution in [0.15, 0.2) is 24.3 Å². The average Bonchev–Trinajstić information content (AvgIpc) is 2.52. The van der Waals surface area contributed by atoms with Crippen LogP contribution in [0.1, 0.15) is 33.6 Å². The fourth-order valence-electron chi connectivity index (χ4n) is 2.59. The molecule has 1 heterocycles. The lowest BCUT2D eigenvalue weighted by Crippen LogP contribution is -2.42. The summed E-state index contributed by atoms with van der Waals surface area (Å²) in [5, 5.41) is 18.4. The van der Waals surface area contributed by atoms with Gasteiger partial charge in [-0.2, -0.15) is 0 Å². The number of rotatable bonds is 4. The van der Waals surface area contributed by atoms with Gasteiger partial charge in [0.05, 0.1) is 6.61 Å². The lowest BCUT2D eigenvalue weighted by Gasteiger charge is -2.33. The Balaban J connectivity index is 1.77. The maximum atomic E-state index is 12.0. The minimum atomic E-state index is -1.49. The van der Waals surface area contributed by atoms with Crippen LogP contribution in [0.3, 0.4) is 0 Å². The zero-order chi connectivity index (χ0) is 17.7. The molecule has 0 atom stereocenters. The molecule has 1 aromatic rings. The molecule has 1 aliphatic rings. The van der Waals surface area contributed by atoms with Crippen LogP contribution in [0.4, 0.5) is 4.79 Å². The fourth-order valence-corrected chi connectivity index (χ4v) is 2.59. The zero-order valence-electron chi connectivity index (χ0n) is 14.6. The lowest BCUT2D eigenvalue weighted by molar-refractivity contribution is 0.0165. The molecule has 1 aliphatic heterocycles. The molecule has 0 spiro atoms. The molecule has 132 valence electrons. The number of hydrogen-bond donors (Lipinski definition) is 2. The molecule has 6 nitrogen and oxygen atoms in total. The van der Waals surface area contributed by atoms with Gasteiger partial charge in [0, 0.05) is 13.1 Å². The monoisotopic (exact) mass is 335 g/mol. The third-order valence-corrected chi connectivity index (χ3v) is 3.91. The number of likely N-dealkylation sites (tertiary alicyclic amines) is 1. The summed E-state index contributed by atoms with van der Waals surface area (Å²) in [6.07, 6.45) is 1.47. The van der Waals surface area contributed by atoms with Crippen molar-refractivity contribution in [2.75, 3.05) is 19.7 Å². The van der Waals surface area contributed by atoms with E-state index in [4.69, 9.17) is 9.47 Å². The Bertz CT molecular complexity index is 550. The van der Waals surface area contributed by atoms with Gasteiger partial charge < -0.3 is 24.4 Å². The SMILES string of the molecule is CC(C)(C)OC(=O)N1CCC(COc2cccc(B(O)O)c2)CC1. The standard InChI is InChI=1S/C17H26BNO5/c1-17(2,3)24-16(20)19-9-7-13(8-10-19)12-23-15-6-4-5-14(11-15)18(21)22/h4-6,11,13,21-22H,7-10,12H2,1-3H3. The Morgan fingerprint density at radius 2 is 1.96 bits per heavy atom. The second-order valence-corrected chi connectivity index (χ2v) is 7.17. The average molecular weight is 335 g/mol. The van der Waals surface area contributed by atoms with Crippen LogP contribution in [-0.4, -0.2) is 53.5 Å². The molecule has 1 fully saturated rings. The quantitative estimate of drug-likeness (QED) is 0.813. The molecule has 1 amide bonds. The van der Waals surface area contributed by atoms with Crippen molar-refractivity contribution < 1.29 is 24.3 Å². The topological polar surface area (TPSA) is 79.2 Å². The van der Waals surface area contributed by atoms with E-state index in [0.29, 0.717) is 36.8 Å². The number of benzene rings is 1. The minimum absolute atomic E-state index is 0.258. The summed E-state index contributed by atoms with van der Waals surface area (Å²) in [5.41, 5.74) is -0.0634. The summed E-state index contributed by atoms with van der Waals surface area (Å²) >= 11 is 0. The number of amides is 1. The number of carbonyl (C=O) groups is 1. The van der Waals surface area contributed by atoms with Crippen molar-refractivity contribution in [2.24, 2.45) is 5.92 Å². The largest absolute Gasteiger partial charge is 0.493 e. The van der Waals surface area contributed by atoms with E-state index in [0.717, 1.165) is 12.8 Å². The van der Waals surface area contributed by atoms with Gasteiger partial charge in [0.25, 0.3) is 0 Å². The van der Waals surface area contributed by atoms with E-state index in [1.807, 2.05) is 20.8 Å². The number of carbonyl (C=O) groups excluding carboxylic acids is 1. The predicted molar refractivity (Wildman–Crippen MR) is 92.3 cm³/mol. The van der Waals surface area contributed by atoms with Gasteiger partial charge in [-0.1, -0.05) is 12.1 Å². The van der Waals surface area contributed by atoms with Crippen LogP contribution in [-0.2, 0) is 4.74 Å². The highest BCUT2D eigenvalue weighted by Gasteiger charge is 2.27. The van der Waals surface area contributed by atoms with E-state index in [2.05, 4.69) is 0 Å². The van der Waals surface area contributed by atoms with E-state index in [1.165, 1.54) is 0 Å². The lowest BCUT2D eigenvalue weighted by atomic mass is 9.80. The summed E-state index contributed by atoms with van der Waals surface area (Å²) in [7, 11) is -1.49. The molecule has 0 aliphatic carbocycles. The Morgan fingerprint density at radius 1 is 1.29 bits per heavy atom. The third-order valence-electron chi connectivity index (χ3n) is 3.91. The molecular weight excluding hydrogens is 309 g/mol. The molecule has 0 aromatic heterocycles. The van der Waals surface area contributed by atoms with Gasteiger partial charge in [0.1, 0.15) is 11.4 Å². The van der Waals surface area contributed by atoms with Gasteiger partial charge >= 0.3 is 13.2 Å². The molecule has 1 aromatic carbocycles. The van der Waals surface area contributed by atoms with Crippen molar-refractivity contribution in [3.63, 3.8) is 0 Å². The summed E-state index contributed by atoms with van der Waals surface area (Å²) < 4.78 is 11.1. The number of nitrogens with zero attached hydrogens (tertiary/aromatic N) is 1. The van der Waals surface area contributed by atoms with Crippen molar-refractivity contribution in [1.29, 1.82) is 0 Å². The van der Waals surface area contributed by atoms with Crippen LogP contribution in [0.25, 0.3) is 0 Å². The van der Waals surface area contributed by atoms with Crippen LogP contribution in [0, 0.1) is 5.92 Å². The Morgan fingerprint density at radius 3 is 2.54 bits per heavy atom. The van der Waals surface area contributed by atoms with Gasteiger partial charge in [0.15, 0.2) is 0 Å². The van der Waals surface area contributed by atoms with Gasteiger partial charge in [0.2, 0.25) is 0 Å². The van der Waals surface area contributed by atoms with E-state index in [9.17, 15) is 14.8 Å². The summed E-state index contributed by atoms with van der Waals surface area (Å²) in [6.45, 7) is 7.47. The van der Waals surface area contributed by atoms with Crippen molar-refractivity contribution in [2.45, 2.75) is 39.2 Å². The molecule has 0 radical (unpaired) electrons. The molecule has 24 heavy (non-hydrogen) atoms. The first-order chi connectivity index (χ1) is 11.2. The Kier molecular flexibility index (Phi) is 6.13. The Hall–Kier alpha value is -1.73.